The van der Waals surface area contributed by atoms with Crippen molar-refractivity contribution in [1.82, 2.24) is 4.90 Å². The standard InChI is InChI=1S/C14H18BrNO/c1-10-6-7-16(9-11(10)2)14(17)12-4-3-5-13(15)8-12/h3-5,8,10-11H,6-7,9H2,1-2H3. The molecule has 1 saturated heterocycles. The highest BCUT2D eigenvalue weighted by Gasteiger charge is 2.26. The van der Waals surface area contributed by atoms with Gasteiger partial charge in [0.05, 0.1) is 0 Å². The lowest BCUT2D eigenvalue weighted by Gasteiger charge is -2.35. The highest BCUT2D eigenvalue weighted by molar-refractivity contribution is 9.10. The van der Waals surface area contributed by atoms with Gasteiger partial charge in [-0.1, -0.05) is 35.8 Å². The normalized spacial score (nSPS) is 24.8. The molecule has 1 aromatic carbocycles. The molecule has 2 rings (SSSR count). The van der Waals surface area contributed by atoms with Crippen LogP contribution in [0, 0.1) is 11.8 Å². The Morgan fingerprint density at radius 1 is 1.35 bits per heavy atom. The number of carbonyl (C=O) groups excluding carboxylic acids is 1. The number of nitrogens with zero attached hydrogens (tertiary/aromatic N) is 1. The van der Waals surface area contributed by atoms with E-state index in [9.17, 15) is 4.79 Å². The lowest BCUT2D eigenvalue weighted by molar-refractivity contribution is 0.0627. The van der Waals surface area contributed by atoms with Crippen molar-refractivity contribution in [2.45, 2.75) is 20.3 Å². The molecule has 0 radical (unpaired) electrons. The SMILES string of the molecule is CC1CCN(C(=O)c2cccc(Br)c2)CC1C. The van der Waals surface area contributed by atoms with Crippen molar-refractivity contribution in [2.24, 2.45) is 11.8 Å². The minimum absolute atomic E-state index is 0.157. The molecule has 1 amide bonds. The molecule has 2 nitrogen and oxygen atoms in total. The maximum absolute atomic E-state index is 12.3. The van der Waals surface area contributed by atoms with E-state index in [1.807, 2.05) is 29.2 Å². The quantitative estimate of drug-likeness (QED) is 0.776. The number of rotatable bonds is 1. The first-order valence-corrected chi connectivity index (χ1v) is 6.92. The molecular formula is C14H18BrNO. The van der Waals surface area contributed by atoms with Gasteiger partial charge in [0.1, 0.15) is 0 Å². The van der Waals surface area contributed by atoms with Crippen LogP contribution in [0.5, 0.6) is 0 Å². The van der Waals surface area contributed by atoms with E-state index < -0.39 is 0 Å². The Balaban J connectivity index is 2.10. The van der Waals surface area contributed by atoms with Gasteiger partial charge in [0, 0.05) is 23.1 Å². The van der Waals surface area contributed by atoms with Gasteiger partial charge >= 0.3 is 0 Å². The maximum Gasteiger partial charge on any atom is 0.253 e. The molecule has 1 fully saturated rings. The highest BCUT2D eigenvalue weighted by Crippen LogP contribution is 2.24. The first kappa shape index (κ1) is 12.6. The number of carbonyl (C=O) groups is 1. The lowest BCUT2D eigenvalue weighted by Crippen LogP contribution is -2.42. The van der Waals surface area contributed by atoms with Crippen LogP contribution in [0.15, 0.2) is 28.7 Å². The van der Waals surface area contributed by atoms with Crippen molar-refractivity contribution in [3.8, 4) is 0 Å². The van der Waals surface area contributed by atoms with Crippen LogP contribution in [0.25, 0.3) is 0 Å². The van der Waals surface area contributed by atoms with Crippen LogP contribution in [0.2, 0.25) is 0 Å². The molecule has 2 unspecified atom stereocenters. The average Bonchev–Trinajstić information content (AvgIpc) is 2.32. The van der Waals surface area contributed by atoms with Crippen molar-refractivity contribution < 1.29 is 4.79 Å². The van der Waals surface area contributed by atoms with E-state index in [-0.39, 0.29) is 5.91 Å². The van der Waals surface area contributed by atoms with Crippen LogP contribution in [0.3, 0.4) is 0 Å². The highest BCUT2D eigenvalue weighted by atomic mass is 79.9. The number of hydrogen-bond acceptors (Lipinski definition) is 1. The van der Waals surface area contributed by atoms with E-state index in [0.717, 1.165) is 35.5 Å². The summed E-state index contributed by atoms with van der Waals surface area (Å²) in [5.41, 5.74) is 0.779. The van der Waals surface area contributed by atoms with Gasteiger partial charge in [-0.2, -0.15) is 0 Å². The van der Waals surface area contributed by atoms with Crippen molar-refractivity contribution in [3.63, 3.8) is 0 Å². The summed E-state index contributed by atoms with van der Waals surface area (Å²) >= 11 is 3.41. The van der Waals surface area contributed by atoms with Crippen LogP contribution < -0.4 is 0 Å². The van der Waals surface area contributed by atoms with E-state index in [1.54, 1.807) is 0 Å². The zero-order chi connectivity index (χ0) is 12.4. The van der Waals surface area contributed by atoms with Crippen LogP contribution >= 0.6 is 15.9 Å². The minimum atomic E-state index is 0.157. The molecule has 0 saturated carbocycles. The van der Waals surface area contributed by atoms with Gasteiger partial charge in [-0.05, 0) is 36.5 Å². The smallest absolute Gasteiger partial charge is 0.253 e. The molecule has 92 valence electrons. The molecule has 1 heterocycles. The molecule has 0 aromatic heterocycles. The molecule has 1 aromatic rings. The van der Waals surface area contributed by atoms with Gasteiger partial charge in [-0.15, -0.1) is 0 Å². The number of piperidine rings is 1. The van der Waals surface area contributed by atoms with E-state index in [2.05, 4.69) is 29.8 Å². The van der Waals surface area contributed by atoms with E-state index in [1.165, 1.54) is 0 Å². The van der Waals surface area contributed by atoms with Crippen molar-refractivity contribution >= 4 is 21.8 Å². The second kappa shape index (κ2) is 5.21. The van der Waals surface area contributed by atoms with Crippen LogP contribution in [0.4, 0.5) is 0 Å². The summed E-state index contributed by atoms with van der Waals surface area (Å²) in [4.78, 5) is 14.3. The van der Waals surface area contributed by atoms with Gasteiger partial charge in [-0.3, -0.25) is 4.79 Å². The molecule has 0 N–H and O–H groups in total. The van der Waals surface area contributed by atoms with Crippen LogP contribution in [-0.2, 0) is 0 Å². The Morgan fingerprint density at radius 2 is 2.12 bits per heavy atom. The van der Waals surface area contributed by atoms with Gasteiger partial charge in [-0.25, -0.2) is 0 Å². The monoisotopic (exact) mass is 295 g/mol. The Labute approximate surface area is 111 Å². The Bertz CT molecular complexity index is 418. The van der Waals surface area contributed by atoms with Crippen molar-refractivity contribution in [1.29, 1.82) is 0 Å². The first-order valence-electron chi connectivity index (χ1n) is 6.13. The van der Waals surface area contributed by atoms with E-state index >= 15 is 0 Å². The fraction of sp³-hybridized carbons (Fsp3) is 0.500. The van der Waals surface area contributed by atoms with Gasteiger partial charge < -0.3 is 4.90 Å². The fourth-order valence-electron chi connectivity index (χ4n) is 2.25. The summed E-state index contributed by atoms with van der Waals surface area (Å²) in [7, 11) is 0. The molecular weight excluding hydrogens is 278 g/mol. The van der Waals surface area contributed by atoms with E-state index in [0.29, 0.717) is 5.92 Å². The lowest BCUT2D eigenvalue weighted by atomic mass is 9.88. The molecule has 0 aliphatic carbocycles. The molecule has 0 bridgehead atoms. The summed E-state index contributed by atoms with van der Waals surface area (Å²) in [6, 6.07) is 7.63. The summed E-state index contributed by atoms with van der Waals surface area (Å²) in [5, 5.41) is 0. The van der Waals surface area contributed by atoms with Gasteiger partial charge in [0.2, 0.25) is 0 Å². The second-order valence-corrected chi connectivity index (χ2v) is 5.92. The van der Waals surface area contributed by atoms with Gasteiger partial charge in [0.15, 0.2) is 0 Å². The van der Waals surface area contributed by atoms with Gasteiger partial charge in [0.25, 0.3) is 5.91 Å². The summed E-state index contributed by atoms with van der Waals surface area (Å²) in [6.07, 6.45) is 1.11. The summed E-state index contributed by atoms with van der Waals surface area (Å²) in [5.74, 6) is 1.48. The molecule has 0 spiro atoms. The topological polar surface area (TPSA) is 20.3 Å². The summed E-state index contributed by atoms with van der Waals surface area (Å²) < 4.78 is 0.960. The van der Waals surface area contributed by atoms with Crippen molar-refractivity contribution in [3.05, 3.63) is 34.3 Å². The van der Waals surface area contributed by atoms with Crippen LogP contribution in [0.1, 0.15) is 30.6 Å². The number of hydrogen-bond donors (Lipinski definition) is 0. The average molecular weight is 296 g/mol. The third-order valence-corrected chi connectivity index (χ3v) is 4.19. The Morgan fingerprint density at radius 3 is 2.76 bits per heavy atom. The number of amides is 1. The third kappa shape index (κ3) is 2.89. The molecule has 17 heavy (non-hydrogen) atoms. The number of benzene rings is 1. The molecule has 1 aliphatic rings. The zero-order valence-electron chi connectivity index (χ0n) is 10.3. The predicted octanol–water partition coefficient (Wildman–Crippen LogP) is 3.57. The fourth-order valence-corrected chi connectivity index (χ4v) is 2.65. The largest absolute Gasteiger partial charge is 0.338 e. The molecule has 2 atom stereocenters. The second-order valence-electron chi connectivity index (χ2n) is 5.00. The third-order valence-electron chi connectivity index (χ3n) is 3.69. The van der Waals surface area contributed by atoms with E-state index in [4.69, 9.17) is 0 Å². The number of halogens is 1. The minimum Gasteiger partial charge on any atom is -0.338 e. The number of likely N-dealkylation sites (tertiary alicyclic amines) is 1. The Kier molecular flexibility index (Phi) is 3.87. The molecule has 1 aliphatic heterocycles. The van der Waals surface area contributed by atoms with Crippen LogP contribution in [-0.4, -0.2) is 23.9 Å². The first-order chi connectivity index (χ1) is 8.08. The van der Waals surface area contributed by atoms with Crippen molar-refractivity contribution in [2.75, 3.05) is 13.1 Å². The predicted molar refractivity (Wildman–Crippen MR) is 73.0 cm³/mol. The summed E-state index contributed by atoms with van der Waals surface area (Å²) in [6.45, 7) is 6.26. The Hall–Kier alpha value is -0.830. The maximum atomic E-state index is 12.3. The molecule has 3 heteroatoms. The zero-order valence-corrected chi connectivity index (χ0v) is 11.9.